The second-order valence-electron chi connectivity index (χ2n) is 2.64. The SMILES string of the molecule is CC(=O)c1c(C)cc(F)cc1Cl. The molecule has 0 N–H and O–H groups in total. The predicted octanol–water partition coefficient (Wildman–Crippen LogP) is 2.99. The normalized spacial score (nSPS) is 10.0. The number of halogens is 2. The van der Waals surface area contributed by atoms with Crippen molar-refractivity contribution in [1.82, 2.24) is 0 Å². The highest BCUT2D eigenvalue weighted by Crippen LogP contribution is 2.21. The van der Waals surface area contributed by atoms with Crippen molar-refractivity contribution in [2.75, 3.05) is 0 Å². The molecule has 64 valence electrons. The van der Waals surface area contributed by atoms with Gasteiger partial charge in [0.25, 0.3) is 0 Å². The third-order valence-corrected chi connectivity index (χ3v) is 1.90. The summed E-state index contributed by atoms with van der Waals surface area (Å²) in [5.41, 5.74) is 0.977. The molecule has 1 nitrogen and oxygen atoms in total. The van der Waals surface area contributed by atoms with Crippen LogP contribution in [0, 0.1) is 12.7 Å². The molecule has 0 atom stereocenters. The van der Waals surface area contributed by atoms with Crippen LogP contribution in [0.4, 0.5) is 4.39 Å². The van der Waals surface area contributed by atoms with E-state index < -0.39 is 5.82 Å². The van der Waals surface area contributed by atoms with E-state index in [1.165, 1.54) is 13.0 Å². The Morgan fingerprint density at radius 3 is 2.50 bits per heavy atom. The second kappa shape index (κ2) is 3.23. The van der Waals surface area contributed by atoms with Crippen molar-refractivity contribution in [3.05, 3.63) is 34.1 Å². The molecule has 0 fully saturated rings. The van der Waals surface area contributed by atoms with E-state index in [4.69, 9.17) is 11.6 Å². The largest absolute Gasteiger partial charge is 0.294 e. The number of ketones is 1. The number of aryl methyl sites for hydroxylation is 1. The Labute approximate surface area is 75.2 Å². The highest BCUT2D eigenvalue weighted by Gasteiger charge is 2.10. The Hall–Kier alpha value is -0.890. The van der Waals surface area contributed by atoms with Gasteiger partial charge < -0.3 is 0 Å². The zero-order valence-electron chi connectivity index (χ0n) is 6.82. The van der Waals surface area contributed by atoms with E-state index in [-0.39, 0.29) is 10.8 Å². The van der Waals surface area contributed by atoms with Gasteiger partial charge in [0.1, 0.15) is 5.82 Å². The molecule has 0 saturated heterocycles. The minimum atomic E-state index is -0.414. The summed E-state index contributed by atoms with van der Waals surface area (Å²) in [5, 5.41) is 0.181. The van der Waals surface area contributed by atoms with E-state index >= 15 is 0 Å². The van der Waals surface area contributed by atoms with Crippen LogP contribution >= 0.6 is 11.6 Å². The van der Waals surface area contributed by atoms with Crippen LogP contribution in [0.3, 0.4) is 0 Å². The van der Waals surface area contributed by atoms with E-state index in [1.54, 1.807) is 6.92 Å². The lowest BCUT2D eigenvalue weighted by atomic mass is 10.1. The molecule has 1 rings (SSSR count). The zero-order valence-corrected chi connectivity index (χ0v) is 7.57. The monoisotopic (exact) mass is 186 g/mol. The Morgan fingerprint density at radius 2 is 2.08 bits per heavy atom. The molecule has 1 aromatic rings. The topological polar surface area (TPSA) is 17.1 Å². The summed E-state index contributed by atoms with van der Waals surface area (Å²) < 4.78 is 12.7. The lowest BCUT2D eigenvalue weighted by Gasteiger charge is -2.03. The zero-order chi connectivity index (χ0) is 9.30. The van der Waals surface area contributed by atoms with Crippen LogP contribution in [0.25, 0.3) is 0 Å². The van der Waals surface area contributed by atoms with Gasteiger partial charge >= 0.3 is 0 Å². The summed E-state index contributed by atoms with van der Waals surface area (Å²) >= 11 is 5.67. The molecule has 0 spiro atoms. The molecule has 0 bridgehead atoms. The van der Waals surface area contributed by atoms with Crippen molar-refractivity contribution in [1.29, 1.82) is 0 Å². The summed E-state index contributed by atoms with van der Waals surface area (Å²) in [4.78, 5) is 11.0. The number of benzene rings is 1. The van der Waals surface area contributed by atoms with Crippen molar-refractivity contribution in [2.45, 2.75) is 13.8 Å². The lowest BCUT2D eigenvalue weighted by molar-refractivity contribution is 0.101. The molecule has 0 radical (unpaired) electrons. The molecule has 3 heteroatoms. The number of carbonyl (C=O) groups excluding carboxylic acids is 1. The third kappa shape index (κ3) is 1.64. The predicted molar refractivity (Wildman–Crippen MR) is 46.2 cm³/mol. The molecule has 0 unspecified atom stereocenters. The van der Waals surface area contributed by atoms with Gasteiger partial charge in [-0.1, -0.05) is 11.6 Å². The minimum Gasteiger partial charge on any atom is -0.294 e. The van der Waals surface area contributed by atoms with Crippen LogP contribution in [0.5, 0.6) is 0 Å². The first-order valence-electron chi connectivity index (χ1n) is 3.49. The Balaban J connectivity index is 3.38. The van der Waals surface area contributed by atoms with Crippen molar-refractivity contribution in [2.24, 2.45) is 0 Å². The Kier molecular flexibility index (Phi) is 2.48. The molecule has 0 aromatic heterocycles. The van der Waals surface area contributed by atoms with E-state index in [1.807, 2.05) is 0 Å². The van der Waals surface area contributed by atoms with Crippen molar-refractivity contribution in [3.8, 4) is 0 Å². The molecule has 0 aliphatic rings. The maximum atomic E-state index is 12.7. The first kappa shape index (κ1) is 9.20. The van der Waals surface area contributed by atoms with E-state index in [0.717, 1.165) is 6.07 Å². The fourth-order valence-corrected chi connectivity index (χ4v) is 1.53. The number of Topliss-reactive ketones (excluding diaryl/α,β-unsaturated/α-hetero) is 1. The minimum absolute atomic E-state index is 0.141. The average molecular weight is 187 g/mol. The van der Waals surface area contributed by atoms with Gasteiger partial charge in [0, 0.05) is 5.56 Å². The van der Waals surface area contributed by atoms with Crippen molar-refractivity contribution < 1.29 is 9.18 Å². The molecular weight excluding hydrogens is 179 g/mol. The maximum Gasteiger partial charge on any atom is 0.161 e. The molecule has 0 aliphatic carbocycles. The van der Waals surface area contributed by atoms with Gasteiger partial charge in [-0.25, -0.2) is 4.39 Å². The van der Waals surface area contributed by atoms with E-state index in [0.29, 0.717) is 11.1 Å². The fourth-order valence-electron chi connectivity index (χ4n) is 1.15. The van der Waals surface area contributed by atoms with Crippen LogP contribution in [0.15, 0.2) is 12.1 Å². The molecule has 12 heavy (non-hydrogen) atoms. The Morgan fingerprint density at radius 1 is 1.50 bits per heavy atom. The van der Waals surface area contributed by atoms with E-state index in [9.17, 15) is 9.18 Å². The highest BCUT2D eigenvalue weighted by molar-refractivity contribution is 6.34. The van der Waals surface area contributed by atoms with Crippen LogP contribution in [0.1, 0.15) is 22.8 Å². The van der Waals surface area contributed by atoms with Gasteiger partial charge in [0.2, 0.25) is 0 Å². The standard InChI is InChI=1S/C9H8ClFO/c1-5-3-7(11)4-8(10)9(5)6(2)12/h3-4H,1-2H3. The quantitative estimate of drug-likeness (QED) is 0.617. The van der Waals surface area contributed by atoms with Gasteiger partial charge in [0.05, 0.1) is 5.02 Å². The number of hydrogen-bond acceptors (Lipinski definition) is 1. The van der Waals surface area contributed by atoms with Crippen LogP contribution in [0.2, 0.25) is 5.02 Å². The lowest BCUT2D eigenvalue weighted by Crippen LogP contribution is -1.98. The van der Waals surface area contributed by atoms with Crippen molar-refractivity contribution in [3.63, 3.8) is 0 Å². The molecular formula is C9H8ClFO. The van der Waals surface area contributed by atoms with Gasteiger partial charge in [-0.15, -0.1) is 0 Å². The van der Waals surface area contributed by atoms with Crippen molar-refractivity contribution >= 4 is 17.4 Å². The fraction of sp³-hybridized carbons (Fsp3) is 0.222. The first-order chi connectivity index (χ1) is 5.52. The highest BCUT2D eigenvalue weighted by atomic mass is 35.5. The van der Waals surface area contributed by atoms with Gasteiger partial charge in [-0.2, -0.15) is 0 Å². The molecule has 0 saturated carbocycles. The van der Waals surface area contributed by atoms with Gasteiger partial charge in [-0.05, 0) is 31.5 Å². The second-order valence-corrected chi connectivity index (χ2v) is 3.04. The van der Waals surface area contributed by atoms with Crippen LogP contribution in [-0.4, -0.2) is 5.78 Å². The molecule has 0 aliphatic heterocycles. The molecule has 0 heterocycles. The van der Waals surface area contributed by atoms with Gasteiger partial charge in [-0.3, -0.25) is 4.79 Å². The molecule has 0 amide bonds. The van der Waals surface area contributed by atoms with Crippen LogP contribution < -0.4 is 0 Å². The average Bonchev–Trinajstić information content (AvgIpc) is 1.82. The number of carbonyl (C=O) groups is 1. The smallest absolute Gasteiger partial charge is 0.161 e. The summed E-state index contributed by atoms with van der Waals surface area (Å²) in [6, 6.07) is 2.44. The third-order valence-electron chi connectivity index (χ3n) is 1.60. The maximum absolute atomic E-state index is 12.7. The summed E-state index contributed by atoms with van der Waals surface area (Å²) in [6.07, 6.45) is 0. The number of hydrogen-bond donors (Lipinski definition) is 0. The summed E-state index contributed by atoms with van der Waals surface area (Å²) in [6.45, 7) is 3.07. The summed E-state index contributed by atoms with van der Waals surface area (Å²) in [5.74, 6) is -0.556. The first-order valence-corrected chi connectivity index (χ1v) is 3.86. The number of rotatable bonds is 1. The van der Waals surface area contributed by atoms with E-state index in [2.05, 4.69) is 0 Å². The summed E-state index contributed by atoms with van der Waals surface area (Å²) in [7, 11) is 0. The van der Waals surface area contributed by atoms with Crippen LogP contribution in [-0.2, 0) is 0 Å². The van der Waals surface area contributed by atoms with Gasteiger partial charge in [0.15, 0.2) is 5.78 Å². The Bertz CT molecular complexity index is 310. The molecule has 1 aromatic carbocycles.